The highest BCUT2D eigenvalue weighted by atomic mass is 16.5. The van der Waals surface area contributed by atoms with E-state index in [4.69, 9.17) is 9.47 Å². The van der Waals surface area contributed by atoms with E-state index < -0.39 is 5.41 Å². The first kappa shape index (κ1) is 62.9. The summed E-state index contributed by atoms with van der Waals surface area (Å²) in [7, 11) is 0. The number of hydrogen-bond acceptors (Lipinski definition) is 2. The molecule has 93 heavy (non-hydrogen) atoms. The molecule has 9 aliphatic carbocycles. The molecule has 19 rings (SSSR count). The maximum atomic E-state index is 7.41. The standard InChI is InChI=1S/C91H90O2/c1-86(2,3)74-50-70(40-28-58-19-17-18-20-58)82-78(54-74)90(13,14)79-55-75(87(4,5)6)51-71(83(79)92-82)45-42-68-48-62-30-36-65(68)37-31-63-33-39-66(38-32-62)69(49-63)43-46-73-53-77(89(10,11)12)57-81-85(73)93-84-72(52-76(88(7,8)9)56-80(84)91(81,15)16)44-41-67-47-61-26-25-59-21-23-60(24-22-59)27-34-64(67)35-29-61/h17-24,29-30,33,35-36,39,47-58H,25-27,31-32,34,37-38H2,1-16H3. The summed E-state index contributed by atoms with van der Waals surface area (Å²) in [5.74, 6) is 33.2. The third kappa shape index (κ3) is 12.7. The van der Waals surface area contributed by atoms with Crippen molar-refractivity contribution in [3.05, 3.63) is 280 Å². The second-order valence-corrected chi connectivity index (χ2v) is 32.2. The summed E-state index contributed by atoms with van der Waals surface area (Å²) < 4.78 is 14.7. The van der Waals surface area contributed by atoms with Crippen molar-refractivity contribution in [2.45, 2.75) is 195 Å². The molecule has 0 amide bonds. The van der Waals surface area contributed by atoms with Crippen LogP contribution in [0, 0.1) is 53.3 Å². The van der Waals surface area contributed by atoms with Crippen LogP contribution in [-0.2, 0) is 83.9 Å². The molecule has 0 N–H and O–H groups in total. The van der Waals surface area contributed by atoms with Crippen LogP contribution in [0.25, 0.3) is 0 Å². The molecule has 0 saturated carbocycles. The van der Waals surface area contributed by atoms with E-state index in [1.807, 2.05) is 0 Å². The lowest BCUT2D eigenvalue weighted by atomic mass is 9.70. The quantitative estimate of drug-likeness (QED) is 0.141. The minimum absolute atomic E-state index is 0.0780. The fourth-order valence-corrected chi connectivity index (χ4v) is 13.8. The van der Waals surface area contributed by atoms with Gasteiger partial charge in [0, 0.05) is 49.8 Å². The number of fused-ring (bicyclic) bond motifs is 4. The Morgan fingerprint density at radius 2 is 0.559 bits per heavy atom. The van der Waals surface area contributed by atoms with Crippen LogP contribution >= 0.6 is 0 Å². The van der Waals surface area contributed by atoms with E-state index in [2.05, 4.69) is 310 Å². The number of aryl methyl sites for hydroxylation is 8. The zero-order valence-corrected chi connectivity index (χ0v) is 58.0. The Morgan fingerprint density at radius 3 is 0.871 bits per heavy atom. The summed E-state index contributed by atoms with van der Waals surface area (Å²) in [5.41, 5.74) is 25.6. The van der Waals surface area contributed by atoms with Crippen LogP contribution in [0.1, 0.15) is 239 Å². The molecule has 8 aromatic carbocycles. The third-order valence-corrected chi connectivity index (χ3v) is 20.3. The molecule has 0 unspecified atom stereocenters. The van der Waals surface area contributed by atoms with Crippen LogP contribution in [0.2, 0.25) is 0 Å². The highest BCUT2D eigenvalue weighted by molar-refractivity contribution is 5.72. The molecule has 0 radical (unpaired) electrons. The third-order valence-electron chi connectivity index (χ3n) is 20.3. The monoisotopic (exact) mass is 1210 g/mol. The van der Waals surface area contributed by atoms with Crippen molar-refractivity contribution in [3.8, 4) is 70.4 Å². The van der Waals surface area contributed by atoms with E-state index in [9.17, 15) is 0 Å². The molecule has 2 aliphatic heterocycles. The van der Waals surface area contributed by atoms with Crippen LogP contribution in [0.5, 0.6) is 23.0 Å². The summed E-state index contributed by atoms with van der Waals surface area (Å²) in [4.78, 5) is 0. The van der Waals surface area contributed by atoms with Gasteiger partial charge in [-0.05, 0) is 182 Å². The first-order valence-electron chi connectivity index (χ1n) is 34.0. The Bertz CT molecular complexity index is 4700. The SMILES string of the molecule is CC(C)(C)c1cc(C#Cc2cc3ccc2CCc2ccc(cc2)CC3)c2c(c1)C(C)(C)c1cc(C(C)(C)C)cc(C#Cc3cc4ccc3CCc3ccc(c(C#Cc5cc(C(C)(C)C)cc6c5Oc5c(C#CC7C=CC=C7)cc(C(C)(C)C)cc5C6(C)C)c3)CC4)c1O2. The zero-order valence-electron chi connectivity index (χ0n) is 58.0. The van der Waals surface area contributed by atoms with Crippen LogP contribution in [0.4, 0.5) is 0 Å². The lowest BCUT2D eigenvalue weighted by Crippen LogP contribution is -2.28. The molecule has 8 aromatic rings. The van der Waals surface area contributed by atoms with E-state index in [-0.39, 0.29) is 33.0 Å². The first-order valence-corrected chi connectivity index (χ1v) is 34.0. The number of allylic oxidation sites excluding steroid dienone is 4. The van der Waals surface area contributed by atoms with Crippen LogP contribution in [-0.4, -0.2) is 0 Å². The molecule has 2 nitrogen and oxygen atoms in total. The predicted octanol–water partition coefficient (Wildman–Crippen LogP) is 20.8. The van der Waals surface area contributed by atoms with Crippen molar-refractivity contribution in [1.29, 1.82) is 0 Å². The molecular formula is C91H90O2. The van der Waals surface area contributed by atoms with Gasteiger partial charge < -0.3 is 9.47 Å². The molecule has 8 bridgehead atoms. The van der Waals surface area contributed by atoms with E-state index in [0.29, 0.717) is 0 Å². The second-order valence-electron chi connectivity index (χ2n) is 32.2. The van der Waals surface area contributed by atoms with Crippen molar-refractivity contribution in [2.75, 3.05) is 0 Å². The largest absolute Gasteiger partial charge is 0.454 e. The molecular weight excluding hydrogens is 1120 g/mol. The van der Waals surface area contributed by atoms with E-state index in [1.54, 1.807) is 0 Å². The Balaban J connectivity index is 0.842. The molecule has 0 fully saturated rings. The first-order chi connectivity index (χ1) is 44.0. The van der Waals surface area contributed by atoms with Gasteiger partial charge in [-0.3, -0.25) is 0 Å². The van der Waals surface area contributed by atoms with Gasteiger partial charge in [-0.2, -0.15) is 0 Å². The number of ether oxygens (including phenoxy) is 2. The van der Waals surface area contributed by atoms with Gasteiger partial charge in [-0.25, -0.2) is 0 Å². The van der Waals surface area contributed by atoms with Gasteiger partial charge in [-0.1, -0.05) is 267 Å². The Kier molecular flexibility index (Phi) is 15.9. The maximum absolute atomic E-state index is 7.41. The molecule has 11 aliphatic rings. The Hall–Kier alpha value is -8.92. The lowest BCUT2D eigenvalue weighted by molar-refractivity contribution is 0.412. The summed E-state index contributed by atoms with van der Waals surface area (Å²) in [6.45, 7) is 36.9. The Labute approximate surface area is 556 Å². The summed E-state index contributed by atoms with van der Waals surface area (Å²) in [6.07, 6.45) is 15.7. The van der Waals surface area contributed by atoms with Gasteiger partial charge >= 0.3 is 0 Å². The second kappa shape index (κ2) is 23.6. The molecule has 2 heteroatoms. The highest BCUT2D eigenvalue weighted by Gasteiger charge is 2.41. The molecule has 2 heterocycles. The van der Waals surface area contributed by atoms with Gasteiger partial charge in [-0.15, -0.1) is 0 Å². The molecule has 0 aromatic heterocycles. The molecule has 0 spiro atoms. The highest BCUT2D eigenvalue weighted by Crippen LogP contribution is 2.54. The average molecular weight is 1220 g/mol. The molecule has 0 atom stereocenters. The van der Waals surface area contributed by atoms with E-state index in [1.165, 1.54) is 66.8 Å². The molecule has 466 valence electrons. The fraction of sp³-hybridized carbons (Fsp3) is 0.341. The summed E-state index contributed by atoms with van der Waals surface area (Å²) >= 11 is 0. The minimum atomic E-state index is -0.419. The normalized spacial score (nSPS) is 15.7. The Morgan fingerprint density at radius 1 is 0.301 bits per heavy atom. The van der Waals surface area contributed by atoms with E-state index in [0.717, 1.165) is 136 Å². The topological polar surface area (TPSA) is 18.5 Å². The lowest BCUT2D eigenvalue weighted by Gasteiger charge is -2.38. The fourth-order valence-electron chi connectivity index (χ4n) is 13.8. The van der Waals surface area contributed by atoms with Gasteiger partial charge in [0.1, 0.15) is 23.0 Å². The van der Waals surface area contributed by atoms with Crippen molar-refractivity contribution in [2.24, 2.45) is 5.92 Å². The number of benzene rings is 8. The smallest absolute Gasteiger partial charge is 0.147 e. The van der Waals surface area contributed by atoms with Crippen molar-refractivity contribution >= 4 is 0 Å². The maximum Gasteiger partial charge on any atom is 0.147 e. The van der Waals surface area contributed by atoms with Crippen LogP contribution in [0.3, 0.4) is 0 Å². The zero-order chi connectivity index (χ0) is 65.6. The van der Waals surface area contributed by atoms with Crippen molar-refractivity contribution in [1.82, 2.24) is 0 Å². The minimum Gasteiger partial charge on any atom is -0.454 e. The van der Waals surface area contributed by atoms with Gasteiger partial charge in [0.2, 0.25) is 0 Å². The summed E-state index contributed by atoms with van der Waals surface area (Å²) in [6, 6.07) is 48.7. The van der Waals surface area contributed by atoms with Gasteiger partial charge in [0.15, 0.2) is 0 Å². The van der Waals surface area contributed by atoms with E-state index >= 15 is 0 Å². The average Bonchev–Trinajstić information content (AvgIpc) is 0.801. The van der Waals surface area contributed by atoms with Gasteiger partial charge in [0.05, 0.1) is 28.2 Å². The van der Waals surface area contributed by atoms with Crippen molar-refractivity contribution < 1.29 is 9.47 Å². The molecule has 0 saturated heterocycles. The predicted molar refractivity (Wildman–Crippen MR) is 387 cm³/mol. The van der Waals surface area contributed by atoms with Crippen molar-refractivity contribution in [3.63, 3.8) is 0 Å². The summed E-state index contributed by atoms with van der Waals surface area (Å²) in [5, 5.41) is 0. The van der Waals surface area contributed by atoms with Crippen LogP contribution < -0.4 is 9.47 Å². The van der Waals surface area contributed by atoms with Crippen LogP contribution in [0.15, 0.2) is 152 Å². The van der Waals surface area contributed by atoms with Gasteiger partial charge in [0.25, 0.3) is 0 Å². The number of rotatable bonds is 0. The number of hydrogen-bond donors (Lipinski definition) is 0.